The van der Waals surface area contributed by atoms with Gasteiger partial charge in [0.2, 0.25) is 0 Å². The van der Waals surface area contributed by atoms with Gasteiger partial charge in [0, 0.05) is 30.3 Å². The van der Waals surface area contributed by atoms with Gasteiger partial charge in [0.25, 0.3) is 14.1 Å². The zero-order chi connectivity index (χ0) is 44.2. The van der Waals surface area contributed by atoms with E-state index in [9.17, 15) is 14.9 Å². The average molecular weight is 861 g/mol. The van der Waals surface area contributed by atoms with Gasteiger partial charge in [0.15, 0.2) is 0 Å². The highest BCUT2D eigenvalue weighted by Gasteiger charge is 2.45. The molecule has 4 aromatic carbocycles. The van der Waals surface area contributed by atoms with Crippen molar-refractivity contribution in [1.29, 1.82) is 5.26 Å². The smallest absolute Gasteiger partial charge is 0.330 e. The van der Waals surface area contributed by atoms with Crippen LogP contribution < -0.4 is 25.5 Å². The molecule has 5 aromatic rings. The maximum absolute atomic E-state index is 13.6. The van der Waals surface area contributed by atoms with E-state index in [1.807, 2.05) is 78.9 Å². The minimum atomic E-state index is -1.73. The molecule has 2 heterocycles. The monoisotopic (exact) mass is 860 g/mol. The van der Waals surface area contributed by atoms with Gasteiger partial charge in [-0.3, -0.25) is 14.3 Å². The molecule has 0 bridgehead atoms. The number of H-pyrrole nitrogens is 1. The number of aromatic nitrogens is 2. The van der Waals surface area contributed by atoms with E-state index in [-0.39, 0.29) is 43.7 Å². The Hall–Kier alpha value is -5.76. The Balaban J connectivity index is 1.43. The van der Waals surface area contributed by atoms with Crippen LogP contribution in [0, 0.1) is 23.2 Å². The summed E-state index contributed by atoms with van der Waals surface area (Å²) in [6.07, 6.45) is -0.543. The van der Waals surface area contributed by atoms with E-state index < -0.39 is 43.8 Å². The first-order valence-corrected chi connectivity index (χ1v) is 21.5. The number of ether oxygens (including phenoxy) is 5. The maximum atomic E-state index is 13.6. The summed E-state index contributed by atoms with van der Waals surface area (Å²) in [5.74, 6) is 7.97. The Morgan fingerprint density at radius 3 is 1.89 bits per heavy atom. The van der Waals surface area contributed by atoms with E-state index in [1.54, 1.807) is 45.6 Å². The lowest BCUT2D eigenvalue weighted by molar-refractivity contribution is -0.0925. The third kappa shape index (κ3) is 10.6. The van der Waals surface area contributed by atoms with E-state index in [4.69, 9.17) is 32.7 Å². The SMILES string of the molecule is COc1ccc(C#Cc2cn([C@H]3C[C@H](OP(OCCC#N)N(C(C)C)C(C)C)[C@@H](COC(c4ccccc4)(c4ccc(OC)cc4)c4ccc(OC)cc4)O3)c(=O)[nH]c2=O)cc1. The van der Waals surface area contributed by atoms with E-state index >= 15 is 0 Å². The summed E-state index contributed by atoms with van der Waals surface area (Å²) in [4.78, 5) is 29.1. The summed E-state index contributed by atoms with van der Waals surface area (Å²) < 4.78 is 47.2. The zero-order valence-electron chi connectivity index (χ0n) is 36.1. The van der Waals surface area contributed by atoms with Crippen LogP contribution >= 0.6 is 8.53 Å². The number of aromatic amines is 1. The van der Waals surface area contributed by atoms with Crippen molar-refractivity contribution in [2.75, 3.05) is 34.5 Å². The molecule has 4 atom stereocenters. The van der Waals surface area contributed by atoms with E-state index in [1.165, 1.54) is 10.8 Å². The molecule has 62 heavy (non-hydrogen) atoms. The van der Waals surface area contributed by atoms with Crippen LogP contribution in [0.15, 0.2) is 119 Å². The number of hydrogen-bond donors (Lipinski definition) is 1. The van der Waals surface area contributed by atoms with Gasteiger partial charge in [-0.1, -0.05) is 66.4 Å². The molecule has 0 spiro atoms. The van der Waals surface area contributed by atoms with Crippen LogP contribution in [0.1, 0.15) is 74.6 Å². The van der Waals surface area contributed by atoms with Crippen molar-refractivity contribution in [2.45, 2.75) is 76.7 Å². The van der Waals surface area contributed by atoms with Gasteiger partial charge >= 0.3 is 5.69 Å². The third-order valence-electron chi connectivity index (χ3n) is 10.4. The van der Waals surface area contributed by atoms with Crippen LogP contribution in [0.25, 0.3) is 0 Å². The maximum Gasteiger partial charge on any atom is 0.330 e. The quantitative estimate of drug-likeness (QED) is 0.0397. The highest BCUT2D eigenvalue weighted by molar-refractivity contribution is 7.44. The van der Waals surface area contributed by atoms with Gasteiger partial charge in [0.1, 0.15) is 40.7 Å². The molecule has 324 valence electrons. The molecular formula is C48H53N4O9P. The van der Waals surface area contributed by atoms with Crippen LogP contribution in [0.3, 0.4) is 0 Å². The Morgan fingerprint density at radius 1 is 0.806 bits per heavy atom. The summed E-state index contributed by atoms with van der Waals surface area (Å²) in [6, 6.07) is 34.7. The van der Waals surface area contributed by atoms with Gasteiger partial charge in [-0.15, -0.1) is 0 Å². The summed E-state index contributed by atoms with van der Waals surface area (Å²) in [5.41, 5.74) is 0.778. The highest BCUT2D eigenvalue weighted by Crippen LogP contribution is 2.50. The van der Waals surface area contributed by atoms with Gasteiger partial charge < -0.3 is 32.7 Å². The number of hydrogen-bond acceptors (Lipinski definition) is 11. The normalized spacial score (nSPS) is 16.8. The Morgan fingerprint density at radius 2 is 1.35 bits per heavy atom. The van der Waals surface area contributed by atoms with Crippen molar-refractivity contribution in [3.63, 3.8) is 0 Å². The summed E-state index contributed by atoms with van der Waals surface area (Å²) in [5, 5.41) is 9.40. The van der Waals surface area contributed by atoms with Crippen LogP contribution in [0.4, 0.5) is 0 Å². The van der Waals surface area contributed by atoms with E-state index in [0.29, 0.717) is 22.8 Å². The molecule has 1 saturated heterocycles. The molecule has 1 aliphatic rings. The number of rotatable bonds is 18. The molecule has 1 aromatic heterocycles. The number of nitrogens with one attached hydrogen (secondary N) is 1. The first-order chi connectivity index (χ1) is 30.0. The Kier molecular flexibility index (Phi) is 15.8. The fourth-order valence-corrected chi connectivity index (χ4v) is 9.18. The molecule has 0 radical (unpaired) electrons. The average Bonchev–Trinajstić information content (AvgIpc) is 3.68. The second-order valence-corrected chi connectivity index (χ2v) is 16.5. The van der Waals surface area contributed by atoms with Crippen molar-refractivity contribution in [1.82, 2.24) is 14.2 Å². The van der Waals surface area contributed by atoms with Crippen LogP contribution in [-0.2, 0) is 24.1 Å². The van der Waals surface area contributed by atoms with Crippen LogP contribution in [-0.4, -0.2) is 73.1 Å². The van der Waals surface area contributed by atoms with Crippen molar-refractivity contribution in [2.24, 2.45) is 0 Å². The zero-order valence-corrected chi connectivity index (χ0v) is 37.0. The predicted molar refractivity (Wildman–Crippen MR) is 237 cm³/mol. The first-order valence-electron chi connectivity index (χ1n) is 20.4. The van der Waals surface area contributed by atoms with E-state index in [2.05, 4.69) is 55.3 Å². The summed E-state index contributed by atoms with van der Waals surface area (Å²) >= 11 is 0. The summed E-state index contributed by atoms with van der Waals surface area (Å²) in [6.45, 7) is 8.40. The second-order valence-electron chi connectivity index (χ2n) is 15.1. The van der Waals surface area contributed by atoms with Crippen molar-refractivity contribution >= 4 is 8.53 Å². The Labute approximate surface area is 364 Å². The molecular weight excluding hydrogens is 808 g/mol. The fraction of sp³-hybridized carbons (Fsp3) is 0.354. The van der Waals surface area contributed by atoms with Crippen LogP contribution in [0.2, 0.25) is 0 Å². The molecule has 1 N–H and O–H groups in total. The van der Waals surface area contributed by atoms with Gasteiger partial charge in [-0.2, -0.15) is 5.26 Å². The molecule has 0 amide bonds. The minimum Gasteiger partial charge on any atom is -0.497 e. The lowest BCUT2D eigenvalue weighted by Crippen LogP contribution is -2.39. The van der Waals surface area contributed by atoms with Crippen LogP contribution in [0.5, 0.6) is 17.2 Å². The Bertz CT molecular complexity index is 2380. The predicted octanol–water partition coefficient (Wildman–Crippen LogP) is 7.92. The minimum absolute atomic E-state index is 0.0128. The number of methoxy groups -OCH3 is 3. The highest BCUT2D eigenvalue weighted by atomic mass is 31.2. The molecule has 14 heteroatoms. The number of nitrogens with zero attached hydrogens (tertiary/aromatic N) is 3. The standard InChI is InChI=1S/C48H53N4O9P/c1-33(2)52(34(3)4)62(59-29-11-28-49)61-43-30-45(51-31-36(46(53)50-47(51)54)17-14-35-15-22-40(55-5)23-16-35)60-44(43)32-58-48(37-12-9-8-10-13-37,38-18-24-41(56-6)25-19-38)39-20-26-42(57-7)27-21-39/h8-10,12-13,15-16,18-27,31,33-34,43-45H,11,29-30,32H2,1-7H3,(H,50,53,54)/t43-,44+,45+,62?/m0/s1. The third-order valence-corrected chi connectivity index (χ3v) is 12.6. The number of nitriles is 1. The van der Waals surface area contributed by atoms with Gasteiger partial charge in [-0.05, 0) is 92.9 Å². The second kappa shape index (κ2) is 21.4. The molecule has 1 unspecified atom stereocenters. The molecule has 0 saturated carbocycles. The van der Waals surface area contributed by atoms with Crippen molar-refractivity contribution < 1.29 is 32.7 Å². The molecule has 0 aliphatic carbocycles. The van der Waals surface area contributed by atoms with Crippen molar-refractivity contribution in [3.05, 3.63) is 158 Å². The van der Waals surface area contributed by atoms with Crippen molar-refractivity contribution in [3.8, 4) is 35.2 Å². The fourth-order valence-electron chi connectivity index (χ4n) is 7.43. The summed E-state index contributed by atoms with van der Waals surface area (Å²) in [7, 11) is 3.09. The topological polar surface area (TPSA) is 146 Å². The molecule has 6 rings (SSSR count). The first kappa shape index (κ1) is 45.8. The van der Waals surface area contributed by atoms with Gasteiger partial charge in [-0.25, -0.2) is 9.46 Å². The molecule has 1 fully saturated rings. The lowest BCUT2D eigenvalue weighted by atomic mass is 9.80. The number of benzene rings is 4. The lowest BCUT2D eigenvalue weighted by Gasteiger charge is -2.39. The van der Waals surface area contributed by atoms with Gasteiger partial charge in [0.05, 0.1) is 53.1 Å². The molecule has 1 aliphatic heterocycles. The van der Waals surface area contributed by atoms with E-state index in [0.717, 1.165) is 16.7 Å². The molecule has 13 nitrogen and oxygen atoms in total. The largest absolute Gasteiger partial charge is 0.497 e.